The molecule has 17 heavy (non-hydrogen) atoms. The van der Waals surface area contributed by atoms with E-state index in [1.807, 2.05) is 6.07 Å². The normalized spacial score (nSPS) is 10.9. The van der Waals surface area contributed by atoms with Crippen LogP contribution in [0.3, 0.4) is 0 Å². The van der Waals surface area contributed by atoms with Crippen LogP contribution in [-0.4, -0.2) is 4.98 Å². The molecule has 0 radical (unpaired) electrons. The van der Waals surface area contributed by atoms with Gasteiger partial charge < -0.3 is 4.98 Å². The van der Waals surface area contributed by atoms with Gasteiger partial charge in [-0.1, -0.05) is 29.8 Å². The van der Waals surface area contributed by atoms with Crippen LogP contribution in [0.15, 0.2) is 47.3 Å². The Morgan fingerprint density at radius 2 is 2.00 bits per heavy atom. The first-order valence-corrected chi connectivity index (χ1v) is 6.24. The maximum atomic E-state index is 11.2. The third-order valence-corrected chi connectivity index (χ3v) is 3.83. The lowest BCUT2D eigenvalue weighted by atomic mass is 10.1. The second kappa shape index (κ2) is 3.86. The first-order valence-electron chi connectivity index (χ1n) is 5.42. The fourth-order valence-electron chi connectivity index (χ4n) is 1.89. The Morgan fingerprint density at radius 1 is 1.12 bits per heavy atom. The van der Waals surface area contributed by atoms with Crippen molar-refractivity contribution < 1.29 is 0 Å². The van der Waals surface area contributed by atoms with E-state index in [4.69, 9.17) is 0 Å². The van der Waals surface area contributed by atoms with E-state index in [0.29, 0.717) is 0 Å². The topological polar surface area (TPSA) is 32.9 Å². The molecule has 3 heteroatoms. The highest BCUT2D eigenvalue weighted by molar-refractivity contribution is 7.21. The van der Waals surface area contributed by atoms with Gasteiger partial charge in [0.25, 0.3) is 0 Å². The van der Waals surface area contributed by atoms with E-state index in [2.05, 4.69) is 42.2 Å². The molecule has 1 aromatic carbocycles. The average Bonchev–Trinajstić information content (AvgIpc) is 2.72. The van der Waals surface area contributed by atoms with Gasteiger partial charge in [-0.3, -0.25) is 4.79 Å². The molecule has 0 aliphatic rings. The lowest BCUT2D eigenvalue weighted by molar-refractivity contribution is 1.33. The Bertz CT molecular complexity index is 739. The summed E-state index contributed by atoms with van der Waals surface area (Å²) in [5.41, 5.74) is 2.40. The zero-order chi connectivity index (χ0) is 11.8. The predicted molar refractivity (Wildman–Crippen MR) is 72.6 cm³/mol. The minimum atomic E-state index is -0.0462. The maximum Gasteiger partial charge on any atom is 0.249 e. The van der Waals surface area contributed by atoms with Gasteiger partial charge in [0, 0.05) is 16.3 Å². The molecule has 0 saturated heterocycles. The van der Waals surface area contributed by atoms with Gasteiger partial charge in [-0.05, 0) is 24.6 Å². The summed E-state index contributed by atoms with van der Waals surface area (Å²) in [5.74, 6) is 0. The van der Waals surface area contributed by atoms with Crippen LogP contribution in [0.25, 0.3) is 20.7 Å². The van der Waals surface area contributed by atoms with Crippen molar-refractivity contribution >= 4 is 21.6 Å². The van der Waals surface area contributed by atoms with Gasteiger partial charge >= 0.3 is 0 Å². The molecule has 1 N–H and O–H groups in total. The summed E-state index contributed by atoms with van der Waals surface area (Å²) in [6.07, 6.45) is 0. The van der Waals surface area contributed by atoms with Crippen molar-refractivity contribution in [3.05, 3.63) is 58.4 Å². The van der Waals surface area contributed by atoms with Crippen LogP contribution in [-0.2, 0) is 0 Å². The number of aromatic amines is 1. The van der Waals surface area contributed by atoms with E-state index < -0.39 is 0 Å². The summed E-state index contributed by atoms with van der Waals surface area (Å²) in [6.45, 7) is 2.08. The van der Waals surface area contributed by atoms with E-state index in [-0.39, 0.29) is 5.56 Å². The van der Waals surface area contributed by atoms with Crippen molar-refractivity contribution in [3.8, 4) is 10.4 Å². The zero-order valence-corrected chi connectivity index (χ0v) is 10.2. The summed E-state index contributed by atoms with van der Waals surface area (Å²) in [7, 11) is 0. The molecule has 2 aromatic heterocycles. The van der Waals surface area contributed by atoms with E-state index in [1.165, 1.54) is 16.0 Å². The minimum absolute atomic E-state index is 0.0462. The first-order chi connectivity index (χ1) is 8.22. The van der Waals surface area contributed by atoms with Crippen LogP contribution < -0.4 is 5.56 Å². The number of benzene rings is 1. The van der Waals surface area contributed by atoms with Crippen molar-refractivity contribution in [1.29, 1.82) is 0 Å². The highest BCUT2D eigenvalue weighted by Crippen LogP contribution is 2.31. The molecule has 0 saturated carbocycles. The summed E-state index contributed by atoms with van der Waals surface area (Å²) in [4.78, 5) is 16.2. The van der Waals surface area contributed by atoms with Gasteiger partial charge in [0.15, 0.2) is 0 Å². The highest BCUT2D eigenvalue weighted by atomic mass is 32.1. The number of aromatic nitrogens is 1. The number of rotatable bonds is 1. The summed E-state index contributed by atoms with van der Waals surface area (Å²) in [6, 6.07) is 13.9. The third-order valence-electron chi connectivity index (χ3n) is 2.71. The lowest BCUT2D eigenvalue weighted by Gasteiger charge is -1.97. The number of aryl methyl sites for hydroxylation is 1. The molecule has 0 aliphatic heterocycles. The minimum Gasteiger partial charge on any atom is -0.314 e. The molecule has 3 rings (SSSR count). The van der Waals surface area contributed by atoms with Crippen molar-refractivity contribution in [2.75, 3.05) is 0 Å². The Balaban J connectivity index is 2.21. The summed E-state index contributed by atoms with van der Waals surface area (Å²) >= 11 is 1.62. The fraction of sp³-hybridized carbons (Fsp3) is 0.0714. The van der Waals surface area contributed by atoms with E-state index in [0.717, 1.165) is 10.2 Å². The lowest BCUT2D eigenvalue weighted by Crippen LogP contribution is -2.00. The Kier molecular flexibility index (Phi) is 2.34. The average molecular weight is 241 g/mol. The van der Waals surface area contributed by atoms with Crippen LogP contribution in [0.2, 0.25) is 0 Å². The highest BCUT2D eigenvalue weighted by Gasteiger charge is 2.04. The number of hydrogen-bond donors (Lipinski definition) is 1. The molecule has 0 unspecified atom stereocenters. The van der Waals surface area contributed by atoms with Crippen molar-refractivity contribution in [2.24, 2.45) is 0 Å². The molecule has 84 valence electrons. The van der Waals surface area contributed by atoms with Crippen molar-refractivity contribution in [2.45, 2.75) is 6.92 Å². The molecule has 0 aliphatic carbocycles. The second-order valence-electron chi connectivity index (χ2n) is 4.09. The molecular formula is C14H11NOS. The van der Waals surface area contributed by atoms with Gasteiger partial charge in [-0.2, -0.15) is 0 Å². The van der Waals surface area contributed by atoms with E-state index in [9.17, 15) is 4.79 Å². The summed E-state index contributed by atoms with van der Waals surface area (Å²) in [5, 5.41) is 1.09. The van der Waals surface area contributed by atoms with Crippen LogP contribution >= 0.6 is 11.3 Å². The maximum absolute atomic E-state index is 11.2. The van der Waals surface area contributed by atoms with Crippen LogP contribution in [0, 0.1) is 6.92 Å². The fourth-order valence-corrected chi connectivity index (χ4v) is 2.93. The van der Waals surface area contributed by atoms with Crippen LogP contribution in [0.5, 0.6) is 0 Å². The quantitative estimate of drug-likeness (QED) is 0.694. The molecule has 0 spiro atoms. The zero-order valence-electron chi connectivity index (χ0n) is 9.36. The van der Waals surface area contributed by atoms with Gasteiger partial charge in [-0.15, -0.1) is 11.3 Å². The molecule has 0 bridgehead atoms. The molecule has 0 amide bonds. The smallest absolute Gasteiger partial charge is 0.249 e. The Morgan fingerprint density at radius 3 is 2.82 bits per heavy atom. The number of fused-ring (bicyclic) bond motifs is 1. The molecule has 0 atom stereocenters. The molecule has 0 fully saturated rings. The predicted octanol–water partition coefficient (Wildman–Crippen LogP) is 3.57. The van der Waals surface area contributed by atoms with E-state index in [1.54, 1.807) is 17.4 Å². The van der Waals surface area contributed by atoms with Crippen LogP contribution in [0.4, 0.5) is 0 Å². The van der Waals surface area contributed by atoms with Gasteiger partial charge in [0.2, 0.25) is 5.56 Å². The van der Waals surface area contributed by atoms with Crippen LogP contribution in [0.1, 0.15) is 5.56 Å². The van der Waals surface area contributed by atoms with Gasteiger partial charge in [0.1, 0.15) is 4.83 Å². The number of pyridine rings is 1. The standard InChI is InChI=1S/C14H11NOS/c1-9-3-2-4-10(7-9)12-8-11-5-6-13(16)15-14(11)17-12/h2-8H,1H3,(H,15,16). The number of H-pyrrole nitrogens is 1. The molecule has 3 aromatic rings. The van der Waals surface area contributed by atoms with Crippen molar-refractivity contribution in [1.82, 2.24) is 4.98 Å². The SMILES string of the molecule is Cc1cccc(-c2cc3ccc(=O)[nH]c3s2)c1. The monoisotopic (exact) mass is 241 g/mol. The largest absolute Gasteiger partial charge is 0.314 e. The van der Waals surface area contributed by atoms with Gasteiger partial charge in [-0.25, -0.2) is 0 Å². The second-order valence-corrected chi connectivity index (χ2v) is 5.14. The number of nitrogens with one attached hydrogen (secondary N) is 1. The third kappa shape index (κ3) is 1.89. The molecule has 2 nitrogen and oxygen atoms in total. The number of hydrogen-bond acceptors (Lipinski definition) is 2. The Labute approximate surface area is 103 Å². The van der Waals surface area contributed by atoms with Crippen molar-refractivity contribution in [3.63, 3.8) is 0 Å². The number of thiophene rings is 1. The van der Waals surface area contributed by atoms with Gasteiger partial charge in [0.05, 0.1) is 0 Å². The molecule has 2 heterocycles. The Hall–Kier alpha value is -1.87. The first kappa shape index (κ1) is 10.3. The molecular weight excluding hydrogens is 230 g/mol. The van der Waals surface area contributed by atoms with E-state index >= 15 is 0 Å². The summed E-state index contributed by atoms with van der Waals surface area (Å²) < 4.78 is 0.